The standard InChI is InChI=1S/C15H24N2O2.ClH/c1-11(2)7-14(16)15(18)17-9-12-5-4-6-13(8-12)10-19-3;/h4-6,8,11,14H,7,9-10,16H2,1-3H3,(H,17,18);1H/t14-;/m0./s1. The first-order valence-corrected chi connectivity index (χ1v) is 6.63. The third-order valence-corrected chi connectivity index (χ3v) is 2.83. The lowest BCUT2D eigenvalue weighted by molar-refractivity contribution is -0.122. The summed E-state index contributed by atoms with van der Waals surface area (Å²) < 4.78 is 5.08. The second-order valence-electron chi connectivity index (χ2n) is 5.21. The average molecular weight is 301 g/mol. The second kappa shape index (κ2) is 9.75. The first-order chi connectivity index (χ1) is 9.02. The Balaban J connectivity index is 0.00000361. The molecule has 0 aliphatic carbocycles. The van der Waals surface area contributed by atoms with Gasteiger partial charge in [-0.05, 0) is 23.5 Å². The molecule has 0 aromatic heterocycles. The van der Waals surface area contributed by atoms with Crippen LogP contribution in [0.5, 0.6) is 0 Å². The fraction of sp³-hybridized carbons (Fsp3) is 0.533. The Morgan fingerprint density at radius 2 is 2.00 bits per heavy atom. The van der Waals surface area contributed by atoms with E-state index in [0.29, 0.717) is 25.5 Å². The van der Waals surface area contributed by atoms with Crippen molar-refractivity contribution in [3.63, 3.8) is 0 Å². The maximum absolute atomic E-state index is 11.8. The summed E-state index contributed by atoms with van der Waals surface area (Å²) in [6.07, 6.45) is 0.704. The maximum Gasteiger partial charge on any atom is 0.237 e. The van der Waals surface area contributed by atoms with Gasteiger partial charge in [0.25, 0.3) is 0 Å². The molecule has 20 heavy (non-hydrogen) atoms. The zero-order valence-electron chi connectivity index (χ0n) is 12.4. The number of halogens is 1. The number of nitrogens with two attached hydrogens (primary N) is 1. The van der Waals surface area contributed by atoms with Gasteiger partial charge in [-0.15, -0.1) is 12.4 Å². The number of methoxy groups -OCH3 is 1. The Morgan fingerprint density at radius 1 is 1.35 bits per heavy atom. The summed E-state index contributed by atoms with van der Waals surface area (Å²) in [5.41, 5.74) is 7.98. The molecule has 1 rings (SSSR count). The van der Waals surface area contributed by atoms with E-state index in [2.05, 4.69) is 19.2 Å². The van der Waals surface area contributed by atoms with Crippen molar-refractivity contribution in [3.8, 4) is 0 Å². The zero-order valence-corrected chi connectivity index (χ0v) is 13.2. The van der Waals surface area contributed by atoms with E-state index in [1.165, 1.54) is 0 Å². The summed E-state index contributed by atoms with van der Waals surface area (Å²) >= 11 is 0. The van der Waals surface area contributed by atoms with Gasteiger partial charge in [-0.2, -0.15) is 0 Å². The molecular weight excluding hydrogens is 276 g/mol. The minimum atomic E-state index is -0.429. The molecule has 0 bridgehead atoms. The summed E-state index contributed by atoms with van der Waals surface area (Å²) in [6, 6.07) is 7.54. The van der Waals surface area contributed by atoms with Crippen molar-refractivity contribution in [2.45, 2.75) is 39.5 Å². The van der Waals surface area contributed by atoms with Crippen LogP contribution in [-0.4, -0.2) is 19.1 Å². The van der Waals surface area contributed by atoms with E-state index in [1.807, 2.05) is 24.3 Å². The van der Waals surface area contributed by atoms with Crippen molar-refractivity contribution < 1.29 is 9.53 Å². The summed E-state index contributed by atoms with van der Waals surface area (Å²) in [4.78, 5) is 11.8. The molecule has 0 aliphatic heterocycles. The van der Waals surface area contributed by atoms with Gasteiger partial charge in [-0.25, -0.2) is 0 Å². The molecule has 1 aromatic carbocycles. The smallest absolute Gasteiger partial charge is 0.237 e. The monoisotopic (exact) mass is 300 g/mol. The largest absolute Gasteiger partial charge is 0.380 e. The van der Waals surface area contributed by atoms with Gasteiger partial charge in [-0.1, -0.05) is 38.1 Å². The molecule has 0 unspecified atom stereocenters. The molecular formula is C15H25ClN2O2. The van der Waals surface area contributed by atoms with E-state index in [9.17, 15) is 4.79 Å². The first kappa shape index (κ1) is 18.9. The molecule has 1 aromatic rings. The molecule has 0 aliphatic rings. The molecule has 0 spiro atoms. The van der Waals surface area contributed by atoms with Crippen molar-refractivity contribution in [1.82, 2.24) is 5.32 Å². The van der Waals surface area contributed by atoms with E-state index >= 15 is 0 Å². The quantitative estimate of drug-likeness (QED) is 0.812. The normalized spacial score (nSPS) is 11.8. The molecule has 0 heterocycles. The zero-order chi connectivity index (χ0) is 14.3. The van der Waals surface area contributed by atoms with E-state index in [-0.39, 0.29) is 18.3 Å². The molecule has 0 fully saturated rings. The Hall–Kier alpha value is -1.10. The lowest BCUT2D eigenvalue weighted by atomic mass is 10.0. The van der Waals surface area contributed by atoms with E-state index in [4.69, 9.17) is 10.5 Å². The molecule has 114 valence electrons. The number of benzene rings is 1. The van der Waals surface area contributed by atoms with Crippen LogP contribution in [0.3, 0.4) is 0 Å². The summed E-state index contributed by atoms with van der Waals surface area (Å²) in [5.74, 6) is 0.330. The lowest BCUT2D eigenvalue weighted by Gasteiger charge is -2.14. The van der Waals surface area contributed by atoms with Gasteiger partial charge < -0.3 is 15.8 Å². The number of hydrogen-bond acceptors (Lipinski definition) is 3. The van der Waals surface area contributed by atoms with Gasteiger partial charge in [0.1, 0.15) is 0 Å². The minimum Gasteiger partial charge on any atom is -0.380 e. The molecule has 1 amide bonds. The molecule has 1 atom stereocenters. The number of carbonyl (C=O) groups excluding carboxylic acids is 1. The van der Waals surface area contributed by atoms with Crippen LogP contribution in [0.25, 0.3) is 0 Å². The number of hydrogen-bond donors (Lipinski definition) is 2. The maximum atomic E-state index is 11.8. The van der Waals surface area contributed by atoms with Crippen molar-refractivity contribution in [1.29, 1.82) is 0 Å². The van der Waals surface area contributed by atoms with Crippen LogP contribution in [-0.2, 0) is 22.7 Å². The first-order valence-electron chi connectivity index (χ1n) is 6.63. The Morgan fingerprint density at radius 3 is 2.60 bits per heavy atom. The highest BCUT2D eigenvalue weighted by Gasteiger charge is 2.14. The van der Waals surface area contributed by atoms with Crippen LogP contribution in [0.1, 0.15) is 31.4 Å². The second-order valence-corrected chi connectivity index (χ2v) is 5.21. The predicted octanol–water partition coefficient (Wildman–Crippen LogP) is 2.24. The summed E-state index contributed by atoms with van der Waals surface area (Å²) in [7, 11) is 1.67. The molecule has 0 saturated carbocycles. The predicted molar refractivity (Wildman–Crippen MR) is 83.7 cm³/mol. The Bertz CT molecular complexity index is 411. The number of ether oxygens (including phenoxy) is 1. The van der Waals surface area contributed by atoms with E-state index in [0.717, 1.165) is 11.1 Å². The van der Waals surface area contributed by atoms with Crippen molar-refractivity contribution in [3.05, 3.63) is 35.4 Å². The fourth-order valence-electron chi connectivity index (χ4n) is 1.93. The molecule has 4 nitrogen and oxygen atoms in total. The van der Waals surface area contributed by atoms with Crippen LogP contribution >= 0.6 is 12.4 Å². The van der Waals surface area contributed by atoms with Crippen molar-refractivity contribution in [2.24, 2.45) is 11.7 Å². The van der Waals surface area contributed by atoms with Gasteiger partial charge in [0, 0.05) is 13.7 Å². The van der Waals surface area contributed by atoms with Gasteiger partial charge >= 0.3 is 0 Å². The lowest BCUT2D eigenvalue weighted by Crippen LogP contribution is -2.41. The number of carbonyl (C=O) groups is 1. The fourth-order valence-corrected chi connectivity index (χ4v) is 1.93. The summed E-state index contributed by atoms with van der Waals surface area (Å²) in [6.45, 7) is 5.19. The van der Waals surface area contributed by atoms with Crippen molar-refractivity contribution >= 4 is 18.3 Å². The van der Waals surface area contributed by atoms with Crippen LogP contribution < -0.4 is 11.1 Å². The van der Waals surface area contributed by atoms with Gasteiger partial charge in [0.2, 0.25) is 5.91 Å². The van der Waals surface area contributed by atoms with Gasteiger partial charge in [-0.3, -0.25) is 4.79 Å². The third kappa shape index (κ3) is 6.89. The average Bonchev–Trinajstić information content (AvgIpc) is 2.36. The van der Waals surface area contributed by atoms with Gasteiger partial charge in [0.15, 0.2) is 0 Å². The highest BCUT2D eigenvalue weighted by molar-refractivity contribution is 5.85. The van der Waals surface area contributed by atoms with Crippen LogP contribution in [0.2, 0.25) is 0 Å². The number of nitrogens with one attached hydrogen (secondary N) is 1. The Kier molecular flexibility index (Phi) is 9.21. The van der Waals surface area contributed by atoms with E-state index in [1.54, 1.807) is 7.11 Å². The highest BCUT2D eigenvalue weighted by atomic mass is 35.5. The van der Waals surface area contributed by atoms with Crippen LogP contribution in [0.15, 0.2) is 24.3 Å². The highest BCUT2D eigenvalue weighted by Crippen LogP contribution is 2.07. The molecule has 5 heteroatoms. The van der Waals surface area contributed by atoms with Crippen LogP contribution in [0, 0.1) is 5.92 Å². The SMILES string of the molecule is COCc1cccc(CNC(=O)[C@@H](N)CC(C)C)c1.Cl. The minimum absolute atomic E-state index is 0. The Labute approximate surface area is 127 Å². The van der Waals surface area contributed by atoms with Crippen molar-refractivity contribution in [2.75, 3.05) is 7.11 Å². The van der Waals surface area contributed by atoms with Gasteiger partial charge in [0.05, 0.1) is 12.6 Å². The summed E-state index contributed by atoms with van der Waals surface area (Å²) in [5, 5.41) is 2.87. The molecule has 0 saturated heterocycles. The number of amides is 1. The van der Waals surface area contributed by atoms with E-state index < -0.39 is 6.04 Å². The molecule has 0 radical (unpaired) electrons. The third-order valence-electron chi connectivity index (χ3n) is 2.83. The molecule has 3 N–H and O–H groups in total. The van der Waals surface area contributed by atoms with Crippen LogP contribution in [0.4, 0.5) is 0 Å². The topological polar surface area (TPSA) is 64.3 Å². The number of rotatable bonds is 7.